The van der Waals surface area contributed by atoms with Gasteiger partial charge in [0.2, 0.25) is 5.91 Å². The summed E-state index contributed by atoms with van der Waals surface area (Å²) in [5.74, 6) is 0.650. The molecule has 0 saturated heterocycles. The Labute approximate surface area is 169 Å². The maximum absolute atomic E-state index is 12.0. The molecule has 0 aromatic heterocycles. The summed E-state index contributed by atoms with van der Waals surface area (Å²) in [7, 11) is 0. The molecule has 1 rings (SSSR count). The Kier molecular flexibility index (Phi) is 14.2. The van der Waals surface area contributed by atoms with E-state index in [0.717, 1.165) is 25.7 Å². The van der Waals surface area contributed by atoms with Gasteiger partial charge in [0.15, 0.2) is 0 Å². The van der Waals surface area contributed by atoms with Crippen molar-refractivity contribution in [1.82, 2.24) is 5.32 Å². The predicted octanol–water partition coefficient (Wildman–Crippen LogP) is 2.36. The standard InChI is InChI=1S/C21H39NO6/c1-4-25-11-12-27-15-16-28-14-13-26-10-9-20(23)22-19-7-5-18(6-8-19)21(24)17(2)3/h17-19H,4-16H2,1-3H3,(H,22,23). The molecule has 0 heterocycles. The van der Waals surface area contributed by atoms with Crippen LogP contribution in [0.3, 0.4) is 0 Å². The van der Waals surface area contributed by atoms with Gasteiger partial charge in [-0.25, -0.2) is 0 Å². The number of nitrogens with one attached hydrogen (secondary N) is 1. The number of Topliss-reactive ketones (excluding diaryl/α,β-unsaturated/α-hetero) is 1. The Morgan fingerprint density at radius 2 is 1.32 bits per heavy atom. The first-order chi connectivity index (χ1) is 13.5. The maximum atomic E-state index is 12.0. The van der Waals surface area contributed by atoms with Crippen LogP contribution in [0.4, 0.5) is 0 Å². The molecule has 7 heteroatoms. The molecule has 0 radical (unpaired) electrons. The normalized spacial score (nSPS) is 19.7. The van der Waals surface area contributed by atoms with Gasteiger partial charge in [0.05, 0.1) is 46.2 Å². The largest absolute Gasteiger partial charge is 0.379 e. The van der Waals surface area contributed by atoms with E-state index in [2.05, 4.69) is 5.32 Å². The molecule has 1 N–H and O–H groups in total. The number of hydrogen-bond acceptors (Lipinski definition) is 6. The van der Waals surface area contributed by atoms with Gasteiger partial charge >= 0.3 is 0 Å². The average Bonchev–Trinajstić information content (AvgIpc) is 2.68. The highest BCUT2D eigenvalue weighted by Gasteiger charge is 2.28. The van der Waals surface area contributed by atoms with Crippen LogP contribution < -0.4 is 5.32 Å². The summed E-state index contributed by atoms with van der Waals surface area (Å²) in [5.41, 5.74) is 0. The molecule has 28 heavy (non-hydrogen) atoms. The number of ether oxygens (including phenoxy) is 4. The van der Waals surface area contributed by atoms with Crippen LogP contribution in [0.1, 0.15) is 52.9 Å². The smallest absolute Gasteiger partial charge is 0.222 e. The number of rotatable bonds is 16. The van der Waals surface area contributed by atoms with Crippen molar-refractivity contribution < 1.29 is 28.5 Å². The minimum atomic E-state index is 0.0160. The van der Waals surface area contributed by atoms with E-state index in [1.165, 1.54) is 0 Å². The lowest BCUT2D eigenvalue weighted by Crippen LogP contribution is -2.39. The first kappa shape index (κ1) is 25.0. The molecule has 7 nitrogen and oxygen atoms in total. The van der Waals surface area contributed by atoms with Gasteiger partial charge in [-0.05, 0) is 32.6 Å². The molecular formula is C21H39NO6. The molecule has 0 atom stereocenters. The van der Waals surface area contributed by atoms with Crippen molar-refractivity contribution >= 4 is 11.7 Å². The highest BCUT2D eigenvalue weighted by molar-refractivity contribution is 5.83. The molecule has 1 saturated carbocycles. The zero-order chi connectivity index (χ0) is 20.6. The molecule has 0 bridgehead atoms. The van der Waals surface area contributed by atoms with E-state index >= 15 is 0 Å². The molecule has 1 fully saturated rings. The highest BCUT2D eigenvalue weighted by Crippen LogP contribution is 2.27. The third-order valence-electron chi connectivity index (χ3n) is 4.86. The quantitative estimate of drug-likeness (QED) is 0.400. The summed E-state index contributed by atoms with van der Waals surface area (Å²) >= 11 is 0. The van der Waals surface area contributed by atoms with E-state index in [1.807, 2.05) is 20.8 Å². The molecule has 1 amide bonds. The summed E-state index contributed by atoms with van der Waals surface area (Å²) in [4.78, 5) is 24.0. The fourth-order valence-corrected chi connectivity index (χ4v) is 3.26. The van der Waals surface area contributed by atoms with E-state index in [0.29, 0.717) is 65.1 Å². The third kappa shape index (κ3) is 11.7. The predicted molar refractivity (Wildman–Crippen MR) is 107 cm³/mol. The summed E-state index contributed by atoms with van der Waals surface area (Å²) in [6.07, 6.45) is 3.88. The summed E-state index contributed by atoms with van der Waals surface area (Å²) in [6, 6.07) is 0.190. The summed E-state index contributed by atoms with van der Waals surface area (Å²) in [5, 5.41) is 3.06. The van der Waals surface area contributed by atoms with Crippen LogP contribution >= 0.6 is 0 Å². The molecule has 0 aromatic carbocycles. The summed E-state index contributed by atoms with van der Waals surface area (Å²) in [6.45, 7) is 10.2. The monoisotopic (exact) mass is 401 g/mol. The minimum Gasteiger partial charge on any atom is -0.379 e. The van der Waals surface area contributed by atoms with Crippen molar-refractivity contribution in [1.29, 1.82) is 0 Å². The number of carbonyl (C=O) groups is 2. The average molecular weight is 402 g/mol. The Morgan fingerprint density at radius 1 is 0.821 bits per heavy atom. The van der Waals surface area contributed by atoms with Gasteiger partial charge in [-0.15, -0.1) is 0 Å². The molecule has 1 aliphatic rings. The molecular weight excluding hydrogens is 362 g/mol. The van der Waals surface area contributed by atoms with Crippen molar-refractivity contribution in [2.75, 3.05) is 52.9 Å². The fraction of sp³-hybridized carbons (Fsp3) is 0.905. The second-order valence-electron chi connectivity index (χ2n) is 7.46. The number of hydrogen-bond donors (Lipinski definition) is 1. The van der Waals surface area contributed by atoms with E-state index in [1.54, 1.807) is 0 Å². The maximum Gasteiger partial charge on any atom is 0.222 e. The van der Waals surface area contributed by atoms with Crippen LogP contribution in [0, 0.1) is 11.8 Å². The molecule has 0 spiro atoms. The van der Waals surface area contributed by atoms with E-state index in [9.17, 15) is 9.59 Å². The van der Waals surface area contributed by atoms with Gasteiger partial charge in [-0.1, -0.05) is 13.8 Å². The van der Waals surface area contributed by atoms with Crippen molar-refractivity contribution in [3.05, 3.63) is 0 Å². The van der Waals surface area contributed by atoms with Crippen LogP contribution in [0.25, 0.3) is 0 Å². The first-order valence-electron chi connectivity index (χ1n) is 10.7. The second kappa shape index (κ2) is 15.9. The third-order valence-corrected chi connectivity index (χ3v) is 4.86. The summed E-state index contributed by atoms with van der Waals surface area (Å²) < 4.78 is 21.3. The Hall–Kier alpha value is -1.02. The lowest BCUT2D eigenvalue weighted by molar-refractivity contribution is -0.127. The van der Waals surface area contributed by atoms with Crippen LogP contribution in [-0.2, 0) is 28.5 Å². The molecule has 0 aromatic rings. The van der Waals surface area contributed by atoms with Crippen LogP contribution in [0.15, 0.2) is 0 Å². The van der Waals surface area contributed by atoms with Gasteiger partial charge < -0.3 is 24.3 Å². The van der Waals surface area contributed by atoms with Crippen molar-refractivity contribution in [3.63, 3.8) is 0 Å². The first-order valence-corrected chi connectivity index (χ1v) is 10.7. The number of ketones is 1. The topological polar surface area (TPSA) is 83.1 Å². The van der Waals surface area contributed by atoms with E-state index < -0.39 is 0 Å². The highest BCUT2D eigenvalue weighted by atomic mass is 16.6. The Bertz CT molecular complexity index is 421. The SMILES string of the molecule is CCOCCOCCOCCOCCC(=O)NC1CCC(C(=O)C(C)C)CC1. The van der Waals surface area contributed by atoms with E-state index in [4.69, 9.17) is 18.9 Å². The van der Waals surface area contributed by atoms with Gasteiger partial charge in [0.1, 0.15) is 5.78 Å². The molecule has 0 unspecified atom stereocenters. The van der Waals surface area contributed by atoms with Crippen molar-refractivity contribution in [3.8, 4) is 0 Å². The Morgan fingerprint density at radius 3 is 1.82 bits per heavy atom. The number of carbonyl (C=O) groups excluding carboxylic acids is 2. The van der Waals surface area contributed by atoms with Gasteiger partial charge in [-0.2, -0.15) is 0 Å². The van der Waals surface area contributed by atoms with Crippen molar-refractivity contribution in [2.24, 2.45) is 11.8 Å². The zero-order valence-electron chi connectivity index (χ0n) is 17.9. The van der Waals surface area contributed by atoms with Gasteiger partial charge in [0.25, 0.3) is 0 Å². The lowest BCUT2D eigenvalue weighted by Gasteiger charge is -2.29. The lowest BCUT2D eigenvalue weighted by atomic mass is 9.80. The van der Waals surface area contributed by atoms with Crippen LogP contribution in [-0.4, -0.2) is 70.6 Å². The zero-order valence-corrected chi connectivity index (χ0v) is 17.9. The Balaban J connectivity index is 1.92. The van der Waals surface area contributed by atoms with Crippen molar-refractivity contribution in [2.45, 2.75) is 58.9 Å². The molecule has 1 aliphatic carbocycles. The molecule has 0 aliphatic heterocycles. The van der Waals surface area contributed by atoms with Crippen LogP contribution in [0.5, 0.6) is 0 Å². The van der Waals surface area contributed by atoms with E-state index in [-0.39, 0.29) is 23.8 Å². The fourth-order valence-electron chi connectivity index (χ4n) is 3.26. The minimum absolute atomic E-state index is 0.0160. The second-order valence-corrected chi connectivity index (χ2v) is 7.46. The number of amides is 1. The van der Waals surface area contributed by atoms with Gasteiger partial charge in [-0.3, -0.25) is 9.59 Å². The molecule has 164 valence electrons. The van der Waals surface area contributed by atoms with Crippen LogP contribution in [0.2, 0.25) is 0 Å². The van der Waals surface area contributed by atoms with Gasteiger partial charge in [0, 0.05) is 30.9 Å².